The standard InChI is InChI=1S/C16H15F3N2OS/c1-10(23-14-7-5-12(20)6-8-14)15(22)21-13-4-2-3-11(9-13)16(17,18)19/h2-10H,20H2,1H3,(H,21,22)/t10-/m1/s1. The number of rotatable bonds is 4. The van der Waals surface area contributed by atoms with E-state index in [1.54, 1.807) is 31.2 Å². The number of nitrogens with two attached hydrogens (primary N) is 1. The van der Waals surface area contributed by atoms with E-state index in [9.17, 15) is 18.0 Å². The first-order valence-electron chi connectivity index (χ1n) is 6.76. The first kappa shape index (κ1) is 17.2. The Balaban J connectivity index is 2.02. The molecule has 0 saturated carbocycles. The second-order valence-corrected chi connectivity index (χ2v) is 6.31. The average molecular weight is 340 g/mol. The number of amides is 1. The van der Waals surface area contributed by atoms with Crippen LogP contribution in [0.25, 0.3) is 0 Å². The molecule has 2 aromatic carbocycles. The molecule has 1 amide bonds. The first-order chi connectivity index (χ1) is 10.8. The van der Waals surface area contributed by atoms with Crippen LogP contribution in [0.3, 0.4) is 0 Å². The lowest BCUT2D eigenvalue weighted by molar-refractivity contribution is -0.137. The Morgan fingerprint density at radius 3 is 2.43 bits per heavy atom. The van der Waals surface area contributed by atoms with Gasteiger partial charge in [0.05, 0.1) is 10.8 Å². The summed E-state index contributed by atoms with van der Waals surface area (Å²) in [6.45, 7) is 1.68. The molecule has 0 saturated heterocycles. The van der Waals surface area contributed by atoms with Crippen LogP contribution in [-0.4, -0.2) is 11.2 Å². The Kier molecular flexibility index (Phi) is 5.20. The van der Waals surface area contributed by atoms with Gasteiger partial charge in [-0.3, -0.25) is 4.79 Å². The van der Waals surface area contributed by atoms with E-state index in [0.29, 0.717) is 5.69 Å². The molecule has 3 nitrogen and oxygen atoms in total. The predicted octanol–water partition coefficient (Wildman–Crippen LogP) is 4.41. The Labute approximate surface area is 136 Å². The van der Waals surface area contributed by atoms with E-state index in [0.717, 1.165) is 17.0 Å². The number of carbonyl (C=O) groups is 1. The molecule has 1 atom stereocenters. The smallest absolute Gasteiger partial charge is 0.399 e. The van der Waals surface area contributed by atoms with Gasteiger partial charge in [0.2, 0.25) is 5.91 Å². The van der Waals surface area contributed by atoms with E-state index in [2.05, 4.69) is 5.32 Å². The maximum absolute atomic E-state index is 12.7. The number of benzene rings is 2. The predicted molar refractivity (Wildman–Crippen MR) is 86.2 cm³/mol. The van der Waals surface area contributed by atoms with Crippen LogP contribution in [0, 0.1) is 0 Å². The van der Waals surface area contributed by atoms with Crippen molar-refractivity contribution in [1.29, 1.82) is 0 Å². The molecule has 3 N–H and O–H groups in total. The summed E-state index contributed by atoms with van der Waals surface area (Å²) in [5.41, 5.74) is 5.53. The Hall–Kier alpha value is -2.15. The normalized spacial score (nSPS) is 12.7. The van der Waals surface area contributed by atoms with E-state index in [-0.39, 0.29) is 11.6 Å². The number of thioether (sulfide) groups is 1. The maximum atomic E-state index is 12.7. The molecule has 0 aromatic heterocycles. The third kappa shape index (κ3) is 4.92. The molecule has 0 spiro atoms. The summed E-state index contributed by atoms with van der Waals surface area (Å²) in [6.07, 6.45) is -4.44. The summed E-state index contributed by atoms with van der Waals surface area (Å²) < 4.78 is 38.0. The lowest BCUT2D eigenvalue weighted by Crippen LogP contribution is -2.22. The highest BCUT2D eigenvalue weighted by molar-refractivity contribution is 8.00. The van der Waals surface area contributed by atoms with Gasteiger partial charge in [0, 0.05) is 16.3 Å². The highest BCUT2D eigenvalue weighted by Crippen LogP contribution is 2.31. The Bertz CT molecular complexity index is 686. The van der Waals surface area contributed by atoms with Gasteiger partial charge in [-0.25, -0.2) is 0 Å². The fourth-order valence-corrected chi connectivity index (χ4v) is 2.69. The van der Waals surface area contributed by atoms with Crippen LogP contribution in [0.1, 0.15) is 12.5 Å². The summed E-state index contributed by atoms with van der Waals surface area (Å²) in [4.78, 5) is 13.0. The number of hydrogen-bond donors (Lipinski definition) is 2. The highest BCUT2D eigenvalue weighted by atomic mass is 32.2. The van der Waals surface area contributed by atoms with Crippen molar-refractivity contribution in [2.45, 2.75) is 23.2 Å². The summed E-state index contributed by atoms with van der Waals surface area (Å²) in [7, 11) is 0. The molecule has 0 unspecified atom stereocenters. The van der Waals surface area contributed by atoms with Crippen LogP contribution in [-0.2, 0) is 11.0 Å². The van der Waals surface area contributed by atoms with Crippen LogP contribution < -0.4 is 11.1 Å². The largest absolute Gasteiger partial charge is 0.416 e. The second-order valence-electron chi connectivity index (χ2n) is 4.90. The molecule has 7 heteroatoms. The number of hydrogen-bond acceptors (Lipinski definition) is 3. The molecule has 2 rings (SSSR count). The molecule has 0 aliphatic heterocycles. The van der Waals surface area contributed by atoms with Crippen LogP contribution >= 0.6 is 11.8 Å². The van der Waals surface area contributed by atoms with Crippen molar-refractivity contribution in [2.75, 3.05) is 11.1 Å². The van der Waals surface area contributed by atoms with Gasteiger partial charge in [-0.1, -0.05) is 6.07 Å². The third-order valence-electron chi connectivity index (χ3n) is 3.02. The van der Waals surface area contributed by atoms with Gasteiger partial charge in [0.15, 0.2) is 0 Å². The van der Waals surface area contributed by atoms with Gasteiger partial charge in [-0.2, -0.15) is 13.2 Å². The number of nitrogens with one attached hydrogen (secondary N) is 1. The van der Waals surface area contributed by atoms with E-state index in [1.165, 1.54) is 23.9 Å². The molecule has 0 aliphatic carbocycles. The fraction of sp³-hybridized carbons (Fsp3) is 0.188. The number of alkyl halides is 3. The van der Waals surface area contributed by atoms with Crippen molar-refractivity contribution < 1.29 is 18.0 Å². The van der Waals surface area contributed by atoms with E-state index < -0.39 is 17.0 Å². The van der Waals surface area contributed by atoms with Crippen molar-refractivity contribution in [2.24, 2.45) is 0 Å². The molecule has 0 heterocycles. The zero-order valence-corrected chi connectivity index (χ0v) is 13.0. The van der Waals surface area contributed by atoms with Crippen molar-refractivity contribution in [1.82, 2.24) is 0 Å². The minimum Gasteiger partial charge on any atom is -0.399 e. The lowest BCUT2D eigenvalue weighted by atomic mass is 10.2. The number of halogens is 3. The second kappa shape index (κ2) is 6.95. The zero-order chi connectivity index (χ0) is 17.0. The zero-order valence-electron chi connectivity index (χ0n) is 12.2. The SMILES string of the molecule is C[C@@H](Sc1ccc(N)cc1)C(=O)Nc1cccc(C(F)(F)F)c1. The molecular formula is C16H15F3N2OS. The minimum absolute atomic E-state index is 0.120. The molecule has 0 fully saturated rings. The maximum Gasteiger partial charge on any atom is 0.416 e. The molecule has 0 bridgehead atoms. The number of anilines is 2. The Morgan fingerprint density at radius 1 is 1.17 bits per heavy atom. The molecule has 122 valence electrons. The monoisotopic (exact) mass is 340 g/mol. The molecule has 0 aliphatic rings. The van der Waals surface area contributed by atoms with Crippen LogP contribution in [0.4, 0.5) is 24.5 Å². The van der Waals surface area contributed by atoms with Gasteiger partial charge < -0.3 is 11.1 Å². The number of nitrogen functional groups attached to an aromatic ring is 1. The van der Waals surface area contributed by atoms with Gasteiger partial charge in [0.1, 0.15) is 0 Å². The van der Waals surface area contributed by atoms with E-state index in [4.69, 9.17) is 5.73 Å². The summed E-state index contributed by atoms with van der Waals surface area (Å²) >= 11 is 1.30. The van der Waals surface area contributed by atoms with Crippen LogP contribution in [0.2, 0.25) is 0 Å². The fourth-order valence-electron chi connectivity index (χ4n) is 1.82. The molecule has 2 aromatic rings. The van der Waals surface area contributed by atoms with Gasteiger partial charge in [-0.15, -0.1) is 11.8 Å². The summed E-state index contributed by atoms with van der Waals surface area (Å²) in [6, 6.07) is 11.6. The summed E-state index contributed by atoms with van der Waals surface area (Å²) in [5.74, 6) is -0.369. The van der Waals surface area contributed by atoms with E-state index >= 15 is 0 Å². The van der Waals surface area contributed by atoms with Crippen molar-refractivity contribution in [3.05, 3.63) is 54.1 Å². The molecular weight excluding hydrogens is 325 g/mol. The van der Waals surface area contributed by atoms with Crippen molar-refractivity contribution in [3.63, 3.8) is 0 Å². The third-order valence-corrected chi connectivity index (χ3v) is 4.13. The highest BCUT2D eigenvalue weighted by Gasteiger charge is 2.30. The molecule has 0 radical (unpaired) electrons. The average Bonchev–Trinajstić information content (AvgIpc) is 2.49. The lowest BCUT2D eigenvalue weighted by Gasteiger charge is -2.13. The van der Waals surface area contributed by atoms with Crippen molar-refractivity contribution >= 4 is 29.0 Å². The van der Waals surface area contributed by atoms with Gasteiger partial charge >= 0.3 is 6.18 Å². The quantitative estimate of drug-likeness (QED) is 0.640. The van der Waals surface area contributed by atoms with Gasteiger partial charge in [0.25, 0.3) is 0 Å². The van der Waals surface area contributed by atoms with E-state index in [1.807, 2.05) is 0 Å². The Morgan fingerprint density at radius 2 is 1.83 bits per heavy atom. The van der Waals surface area contributed by atoms with Crippen LogP contribution in [0.15, 0.2) is 53.4 Å². The minimum atomic E-state index is -4.44. The summed E-state index contributed by atoms with van der Waals surface area (Å²) in [5, 5.41) is 2.04. The molecule has 23 heavy (non-hydrogen) atoms. The van der Waals surface area contributed by atoms with Crippen LogP contribution in [0.5, 0.6) is 0 Å². The first-order valence-corrected chi connectivity index (χ1v) is 7.64. The topological polar surface area (TPSA) is 55.1 Å². The number of carbonyl (C=O) groups excluding carboxylic acids is 1. The van der Waals surface area contributed by atoms with Crippen molar-refractivity contribution in [3.8, 4) is 0 Å². The van der Waals surface area contributed by atoms with Gasteiger partial charge in [-0.05, 0) is 49.4 Å².